The van der Waals surface area contributed by atoms with Crippen molar-refractivity contribution < 1.29 is 13.9 Å². The normalized spacial score (nSPS) is 20.0. The molecule has 0 aliphatic carbocycles. The molecule has 0 aromatic heterocycles. The first-order valence-electron chi connectivity index (χ1n) is 6.11. The molecule has 1 aliphatic heterocycles. The van der Waals surface area contributed by atoms with E-state index in [1.807, 2.05) is 0 Å². The van der Waals surface area contributed by atoms with Crippen molar-refractivity contribution >= 4 is 23.8 Å². The zero-order valence-corrected chi connectivity index (χ0v) is 11.7. The zero-order chi connectivity index (χ0) is 13.0. The van der Waals surface area contributed by atoms with E-state index in [0.29, 0.717) is 17.4 Å². The summed E-state index contributed by atoms with van der Waals surface area (Å²) in [6, 6.07) is 3.17. The van der Waals surface area contributed by atoms with Crippen LogP contribution in [0, 0.1) is 5.82 Å². The first-order chi connectivity index (χ1) is 8.70. The summed E-state index contributed by atoms with van der Waals surface area (Å²) in [5, 5.41) is 0. The predicted molar refractivity (Wildman–Crippen MR) is 71.9 cm³/mol. The molecule has 0 saturated carbocycles. The Morgan fingerprint density at radius 2 is 2.22 bits per heavy atom. The Balaban J connectivity index is 2.01. The molecule has 18 heavy (non-hydrogen) atoms. The van der Waals surface area contributed by atoms with Crippen molar-refractivity contribution in [2.75, 3.05) is 6.61 Å². The van der Waals surface area contributed by atoms with E-state index in [-0.39, 0.29) is 12.1 Å². The molecule has 2 nitrogen and oxygen atoms in total. The Morgan fingerprint density at radius 3 is 2.89 bits per heavy atom. The van der Waals surface area contributed by atoms with Crippen molar-refractivity contribution in [3.63, 3.8) is 0 Å². The van der Waals surface area contributed by atoms with Gasteiger partial charge in [-0.3, -0.25) is 0 Å². The molecule has 1 heterocycles. The topological polar surface area (TPSA) is 18.5 Å². The maximum atomic E-state index is 13.4. The lowest BCUT2D eigenvalue weighted by Crippen LogP contribution is -2.22. The van der Waals surface area contributed by atoms with Gasteiger partial charge in [-0.15, -0.1) is 0 Å². The van der Waals surface area contributed by atoms with Crippen LogP contribution in [0.5, 0.6) is 0 Å². The van der Waals surface area contributed by atoms with Crippen molar-refractivity contribution in [1.82, 2.24) is 0 Å². The fourth-order valence-corrected chi connectivity index (χ4v) is 2.37. The molecular formula is C13H15BBrFO2. The van der Waals surface area contributed by atoms with Crippen molar-refractivity contribution in [1.29, 1.82) is 0 Å². The van der Waals surface area contributed by atoms with Gasteiger partial charge in [-0.05, 0) is 58.5 Å². The Morgan fingerprint density at radius 1 is 1.39 bits per heavy atom. The zero-order valence-electron chi connectivity index (χ0n) is 10.1. The van der Waals surface area contributed by atoms with E-state index in [2.05, 4.69) is 15.9 Å². The van der Waals surface area contributed by atoms with Gasteiger partial charge in [0, 0.05) is 6.61 Å². The van der Waals surface area contributed by atoms with Gasteiger partial charge in [0.2, 0.25) is 0 Å². The third-order valence-corrected chi connectivity index (χ3v) is 3.63. The Bertz CT molecular complexity index is 408. The van der Waals surface area contributed by atoms with E-state index in [0.717, 1.165) is 37.0 Å². The second kappa shape index (κ2) is 6.69. The van der Waals surface area contributed by atoms with Gasteiger partial charge in [0.15, 0.2) is 6.29 Å². The fraction of sp³-hybridized carbons (Fsp3) is 0.538. The van der Waals surface area contributed by atoms with Crippen LogP contribution in [-0.4, -0.2) is 20.7 Å². The summed E-state index contributed by atoms with van der Waals surface area (Å²) in [7, 11) is 5.61. The molecule has 5 heteroatoms. The highest BCUT2D eigenvalue weighted by atomic mass is 79.9. The smallest absolute Gasteiger partial charge is 0.158 e. The quantitative estimate of drug-likeness (QED) is 0.794. The van der Waals surface area contributed by atoms with Gasteiger partial charge in [-0.2, -0.15) is 0 Å². The van der Waals surface area contributed by atoms with Crippen LogP contribution in [0.15, 0.2) is 16.6 Å². The van der Waals surface area contributed by atoms with Gasteiger partial charge >= 0.3 is 0 Å². The van der Waals surface area contributed by atoms with Crippen molar-refractivity contribution in [2.45, 2.75) is 38.5 Å². The summed E-state index contributed by atoms with van der Waals surface area (Å²) < 4.78 is 25.0. The molecule has 1 saturated heterocycles. The van der Waals surface area contributed by atoms with Crippen molar-refractivity contribution in [3.05, 3.63) is 33.5 Å². The molecule has 1 fully saturated rings. The summed E-state index contributed by atoms with van der Waals surface area (Å²) in [4.78, 5) is 0. The van der Waals surface area contributed by atoms with Crippen LogP contribution >= 0.6 is 15.9 Å². The molecular weight excluding hydrogens is 298 g/mol. The molecule has 1 unspecified atom stereocenters. The molecule has 0 bridgehead atoms. The molecule has 1 atom stereocenters. The SMILES string of the molecule is [B]Cc1cc(F)c(Br)cc1COC1CCCCO1. The lowest BCUT2D eigenvalue weighted by molar-refractivity contribution is -0.169. The molecule has 2 rings (SSSR count). The Labute approximate surface area is 116 Å². The maximum absolute atomic E-state index is 13.4. The lowest BCUT2D eigenvalue weighted by atomic mass is 9.93. The first-order valence-corrected chi connectivity index (χ1v) is 6.90. The standard InChI is InChI=1S/C13H15BBrFO2/c14-7-9-6-12(16)11(15)5-10(9)8-18-13-3-1-2-4-17-13/h5-6,13H,1-4,7-8H2. The number of ether oxygens (including phenoxy) is 2. The van der Waals surface area contributed by atoms with Crippen LogP contribution in [0.3, 0.4) is 0 Å². The predicted octanol–water partition coefficient (Wildman–Crippen LogP) is 3.30. The lowest BCUT2D eigenvalue weighted by Gasteiger charge is -2.23. The maximum Gasteiger partial charge on any atom is 0.158 e. The van der Waals surface area contributed by atoms with Gasteiger partial charge in [-0.1, -0.05) is 6.32 Å². The molecule has 2 radical (unpaired) electrons. The average molecular weight is 313 g/mol. The van der Waals surface area contributed by atoms with Gasteiger partial charge in [0.1, 0.15) is 5.82 Å². The second-order valence-corrected chi connectivity index (χ2v) is 5.20. The minimum absolute atomic E-state index is 0.145. The van der Waals surface area contributed by atoms with Crippen LogP contribution in [-0.2, 0) is 22.4 Å². The van der Waals surface area contributed by atoms with E-state index in [4.69, 9.17) is 17.3 Å². The summed E-state index contributed by atoms with van der Waals surface area (Å²) in [5.74, 6) is -0.298. The molecule has 96 valence electrons. The highest BCUT2D eigenvalue weighted by molar-refractivity contribution is 9.10. The fourth-order valence-electron chi connectivity index (χ4n) is 1.98. The minimum atomic E-state index is -0.298. The van der Waals surface area contributed by atoms with E-state index < -0.39 is 0 Å². The number of benzene rings is 1. The summed E-state index contributed by atoms with van der Waals surface area (Å²) >= 11 is 3.17. The van der Waals surface area contributed by atoms with Crippen molar-refractivity contribution in [2.24, 2.45) is 0 Å². The molecule has 1 aromatic carbocycles. The highest BCUT2D eigenvalue weighted by Crippen LogP contribution is 2.23. The average Bonchev–Trinajstić information content (AvgIpc) is 2.41. The summed E-state index contributed by atoms with van der Waals surface area (Å²) in [5.41, 5.74) is 1.67. The van der Waals surface area contributed by atoms with Crippen LogP contribution in [0.4, 0.5) is 4.39 Å². The van der Waals surface area contributed by atoms with Crippen molar-refractivity contribution in [3.8, 4) is 0 Å². The molecule has 0 spiro atoms. The molecule has 0 N–H and O–H groups in total. The summed E-state index contributed by atoms with van der Waals surface area (Å²) in [6.07, 6.45) is 3.29. The van der Waals surface area contributed by atoms with Crippen LogP contribution < -0.4 is 0 Å². The number of hydrogen-bond donors (Lipinski definition) is 0. The number of halogens is 2. The monoisotopic (exact) mass is 312 g/mol. The van der Waals surface area contributed by atoms with Gasteiger partial charge in [0.05, 0.1) is 18.9 Å². The minimum Gasteiger partial charge on any atom is -0.353 e. The first kappa shape index (κ1) is 14.0. The Kier molecular flexibility index (Phi) is 5.21. The second-order valence-electron chi connectivity index (χ2n) is 4.35. The van der Waals surface area contributed by atoms with Gasteiger partial charge < -0.3 is 9.47 Å². The third-order valence-electron chi connectivity index (χ3n) is 3.03. The molecule has 1 aliphatic rings. The van der Waals surface area contributed by atoms with Gasteiger partial charge in [0.25, 0.3) is 0 Å². The summed E-state index contributed by atoms with van der Waals surface area (Å²) in [6.45, 7) is 1.15. The number of rotatable bonds is 4. The largest absolute Gasteiger partial charge is 0.353 e. The Hall–Kier alpha value is -0.385. The van der Waals surface area contributed by atoms with Crippen LogP contribution in [0.1, 0.15) is 30.4 Å². The van der Waals surface area contributed by atoms with Crippen LogP contribution in [0.25, 0.3) is 0 Å². The van der Waals surface area contributed by atoms with E-state index in [1.165, 1.54) is 6.07 Å². The van der Waals surface area contributed by atoms with E-state index >= 15 is 0 Å². The molecule has 1 aromatic rings. The molecule has 0 amide bonds. The van der Waals surface area contributed by atoms with E-state index in [1.54, 1.807) is 6.07 Å². The number of hydrogen-bond acceptors (Lipinski definition) is 2. The van der Waals surface area contributed by atoms with Crippen LogP contribution in [0.2, 0.25) is 0 Å². The van der Waals surface area contributed by atoms with E-state index in [9.17, 15) is 4.39 Å². The highest BCUT2D eigenvalue weighted by Gasteiger charge is 2.15. The van der Waals surface area contributed by atoms with Gasteiger partial charge in [-0.25, -0.2) is 4.39 Å². The third kappa shape index (κ3) is 3.56.